The van der Waals surface area contributed by atoms with Gasteiger partial charge in [0.1, 0.15) is 11.2 Å². The van der Waals surface area contributed by atoms with Gasteiger partial charge in [0.25, 0.3) is 0 Å². The number of fused-ring (bicyclic) bond motifs is 1. The normalized spacial score (nSPS) is 33.6. The van der Waals surface area contributed by atoms with Gasteiger partial charge in [-0.1, -0.05) is 6.92 Å². The summed E-state index contributed by atoms with van der Waals surface area (Å²) < 4.78 is 0. The summed E-state index contributed by atoms with van der Waals surface area (Å²) in [5, 5.41) is 24.1. The number of hydrogen-bond donors (Lipinski definition) is 5. The lowest BCUT2D eigenvalue weighted by Gasteiger charge is -2.55. The lowest BCUT2D eigenvalue weighted by Crippen LogP contribution is -2.75. The molecule has 4 heterocycles. The number of carbonyl (C=O) groups is 4. The Morgan fingerprint density at radius 3 is 2.65 bits per heavy atom. The molecule has 0 spiro atoms. The maximum absolute atomic E-state index is 13.1. The molecule has 0 aliphatic carbocycles. The van der Waals surface area contributed by atoms with E-state index in [9.17, 15) is 24.3 Å². The number of amides is 3. The minimum absolute atomic E-state index is 0.0345. The minimum atomic E-state index is -1.22. The van der Waals surface area contributed by atoms with Crippen molar-refractivity contribution >= 4 is 41.7 Å². The molecule has 4 aliphatic rings. The Kier molecular flexibility index (Phi) is 6.76. The van der Waals surface area contributed by atoms with Gasteiger partial charge in [-0.15, -0.1) is 11.8 Å². The molecule has 0 radical (unpaired) electrons. The number of nitrogens with zero attached hydrogens (tertiary/aromatic N) is 2. The first-order valence-electron chi connectivity index (χ1n) is 11.7. The third kappa shape index (κ3) is 3.72. The van der Waals surface area contributed by atoms with Gasteiger partial charge >= 0.3 is 5.97 Å². The van der Waals surface area contributed by atoms with Crippen LogP contribution in [0.2, 0.25) is 0 Å². The first-order valence-corrected chi connectivity index (χ1v) is 12.6. The fourth-order valence-corrected chi connectivity index (χ4v) is 7.37. The van der Waals surface area contributed by atoms with Gasteiger partial charge in [0.15, 0.2) is 0 Å². The zero-order valence-corrected chi connectivity index (χ0v) is 20.2. The van der Waals surface area contributed by atoms with Crippen LogP contribution in [-0.2, 0) is 19.2 Å². The van der Waals surface area contributed by atoms with Crippen molar-refractivity contribution in [3.05, 3.63) is 10.6 Å². The summed E-state index contributed by atoms with van der Waals surface area (Å²) >= 11 is 1.38. The third-order valence-electron chi connectivity index (χ3n) is 7.52. The lowest BCUT2D eigenvalue weighted by atomic mass is 9.65. The Labute approximate surface area is 202 Å². The molecule has 3 fully saturated rings. The number of aliphatic carboxylic acids is 1. The topological polar surface area (TPSA) is 169 Å². The Morgan fingerprint density at radius 2 is 2.06 bits per heavy atom. The van der Waals surface area contributed by atoms with E-state index in [1.54, 1.807) is 6.92 Å². The molecule has 0 aromatic rings. The van der Waals surface area contributed by atoms with Crippen LogP contribution < -0.4 is 16.4 Å². The summed E-state index contributed by atoms with van der Waals surface area (Å²) in [5.74, 6) is -3.20. The van der Waals surface area contributed by atoms with E-state index in [2.05, 4.69) is 10.6 Å². The van der Waals surface area contributed by atoms with E-state index in [4.69, 9.17) is 11.1 Å². The number of β-lactam (4-membered cyclic amide) rings is 1. The second kappa shape index (κ2) is 9.31. The van der Waals surface area contributed by atoms with E-state index in [0.29, 0.717) is 17.9 Å². The summed E-state index contributed by atoms with van der Waals surface area (Å²) in [4.78, 5) is 53.6. The highest BCUT2D eigenvalue weighted by atomic mass is 32.2. The van der Waals surface area contributed by atoms with E-state index in [0.717, 1.165) is 32.1 Å². The summed E-state index contributed by atoms with van der Waals surface area (Å²) in [6.45, 7) is 5.37. The van der Waals surface area contributed by atoms with Crippen molar-refractivity contribution in [3.63, 3.8) is 0 Å². The van der Waals surface area contributed by atoms with Crippen molar-refractivity contribution in [1.29, 1.82) is 5.41 Å². The van der Waals surface area contributed by atoms with Crippen molar-refractivity contribution in [3.8, 4) is 0 Å². The van der Waals surface area contributed by atoms with Crippen LogP contribution >= 0.6 is 11.8 Å². The highest BCUT2D eigenvalue weighted by Crippen LogP contribution is 2.57. The Bertz CT molecular complexity index is 950. The molecule has 6 N–H and O–H groups in total. The average Bonchev–Trinajstić information content (AvgIpc) is 3.53. The first kappa shape index (κ1) is 24.7. The van der Waals surface area contributed by atoms with Gasteiger partial charge in [-0.25, -0.2) is 4.79 Å². The number of nitrogens with one attached hydrogen (secondary N) is 3. The molecular formula is C22H32N6O5S. The number of carboxylic acid groups (broad SMARTS) is 1. The highest BCUT2D eigenvalue weighted by Gasteiger charge is 2.70. The van der Waals surface area contributed by atoms with Crippen LogP contribution in [0.25, 0.3) is 0 Å². The van der Waals surface area contributed by atoms with E-state index >= 15 is 0 Å². The molecule has 3 amide bonds. The predicted octanol–water partition coefficient (Wildman–Crippen LogP) is -0.671. The number of carbonyl (C=O) groups excluding carboxylic acids is 3. The molecule has 3 saturated heterocycles. The largest absolute Gasteiger partial charge is 0.477 e. The van der Waals surface area contributed by atoms with Crippen LogP contribution in [0.15, 0.2) is 10.6 Å². The molecule has 4 rings (SSSR count). The fourth-order valence-electron chi connectivity index (χ4n) is 5.86. The quantitative estimate of drug-likeness (QED) is 0.219. The molecule has 4 aliphatic heterocycles. The van der Waals surface area contributed by atoms with Crippen LogP contribution in [0.4, 0.5) is 0 Å². The monoisotopic (exact) mass is 492 g/mol. The molecule has 12 heteroatoms. The summed E-state index contributed by atoms with van der Waals surface area (Å²) in [6.07, 6.45) is 3.74. The predicted molar refractivity (Wildman–Crippen MR) is 126 cm³/mol. The van der Waals surface area contributed by atoms with Crippen LogP contribution in [-0.4, -0.2) is 93.9 Å². The van der Waals surface area contributed by atoms with Crippen LogP contribution in [0.3, 0.4) is 0 Å². The van der Waals surface area contributed by atoms with Crippen molar-refractivity contribution in [2.24, 2.45) is 17.6 Å². The van der Waals surface area contributed by atoms with Crippen molar-refractivity contribution in [2.75, 3.05) is 26.2 Å². The van der Waals surface area contributed by atoms with Gasteiger partial charge in [-0.3, -0.25) is 19.3 Å². The molecular weight excluding hydrogens is 460 g/mol. The van der Waals surface area contributed by atoms with Gasteiger partial charge in [0.2, 0.25) is 17.7 Å². The molecule has 11 nitrogen and oxygen atoms in total. The van der Waals surface area contributed by atoms with E-state index in [1.807, 2.05) is 11.8 Å². The van der Waals surface area contributed by atoms with Gasteiger partial charge in [-0.2, -0.15) is 0 Å². The first-order chi connectivity index (χ1) is 16.2. The molecule has 186 valence electrons. The maximum atomic E-state index is 13.1. The van der Waals surface area contributed by atoms with E-state index in [1.165, 1.54) is 16.7 Å². The molecule has 6 atom stereocenters. The van der Waals surface area contributed by atoms with E-state index < -0.39 is 41.2 Å². The number of thioether (sulfide) groups is 1. The average molecular weight is 493 g/mol. The molecule has 0 aromatic carbocycles. The number of hydrogen-bond acceptors (Lipinski definition) is 8. The van der Waals surface area contributed by atoms with Crippen molar-refractivity contribution in [1.82, 2.24) is 20.4 Å². The minimum Gasteiger partial charge on any atom is -0.477 e. The number of nitrogens with two attached hydrogens (primary N) is 1. The van der Waals surface area contributed by atoms with Crippen molar-refractivity contribution < 1.29 is 24.3 Å². The van der Waals surface area contributed by atoms with Gasteiger partial charge in [-0.05, 0) is 26.2 Å². The summed E-state index contributed by atoms with van der Waals surface area (Å²) in [5.41, 5.74) is 4.12. The number of rotatable bonds is 8. The molecule has 0 bridgehead atoms. The lowest BCUT2D eigenvalue weighted by molar-refractivity contribution is -0.164. The summed E-state index contributed by atoms with van der Waals surface area (Å²) in [6, 6.07) is -0.908. The second-order valence-corrected chi connectivity index (χ2v) is 10.8. The van der Waals surface area contributed by atoms with Gasteiger partial charge < -0.3 is 31.8 Å². The second-order valence-electron chi connectivity index (χ2n) is 9.45. The van der Waals surface area contributed by atoms with Crippen LogP contribution in [0, 0.1) is 17.2 Å². The molecule has 0 unspecified atom stereocenters. The smallest absolute Gasteiger partial charge is 0.353 e. The third-order valence-corrected chi connectivity index (χ3v) is 9.02. The van der Waals surface area contributed by atoms with Gasteiger partial charge in [0, 0.05) is 48.0 Å². The zero-order valence-electron chi connectivity index (χ0n) is 19.4. The van der Waals surface area contributed by atoms with E-state index in [-0.39, 0.29) is 29.4 Å². The SMILES string of the molecule is C[C@@H](NC(=O)CN)[C@H]1C(=O)N2C(C(=O)O)=C(S[C@@H]3CN[C@H](C(=O)N4CCCC4)C3)[C@H](C)[C@]12C=N. The van der Waals surface area contributed by atoms with Gasteiger partial charge in [0.05, 0.1) is 18.5 Å². The standard InChI is InChI=1S/C22H32N6O5S/c1-11-18(34-13-7-14(25-9-13)19(30)27-5-3-4-6-27)17(21(32)33)28-20(31)16(22(11,28)10-24)12(2)26-15(29)8-23/h10-14,16,24-25H,3-9,23H2,1-2H3,(H,26,29)(H,32,33)/t11-,12+,13-,14-,16-,22+/m0/s1. The number of carboxylic acids is 1. The molecule has 0 saturated carbocycles. The zero-order chi connectivity index (χ0) is 24.8. The summed E-state index contributed by atoms with van der Waals surface area (Å²) in [7, 11) is 0. The number of likely N-dealkylation sites (tertiary alicyclic amines) is 1. The Balaban J connectivity index is 1.54. The molecule has 0 aromatic heterocycles. The molecule has 34 heavy (non-hydrogen) atoms. The highest BCUT2D eigenvalue weighted by molar-refractivity contribution is 8.03. The maximum Gasteiger partial charge on any atom is 0.353 e. The Morgan fingerprint density at radius 1 is 1.38 bits per heavy atom. The van der Waals surface area contributed by atoms with Crippen LogP contribution in [0.1, 0.15) is 33.1 Å². The fraction of sp³-hybridized carbons (Fsp3) is 0.682. The Hall–Kier alpha value is -2.44. The van der Waals surface area contributed by atoms with Crippen LogP contribution in [0.5, 0.6) is 0 Å². The van der Waals surface area contributed by atoms with Crippen molar-refractivity contribution in [2.45, 2.75) is 56.0 Å².